The van der Waals surface area contributed by atoms with E-state index in [2.05, 4.69) is 0 Å². The van der Waals surface area contributed by atoms with E-state index in [0.717, 1.165) is 0 Å². The normalized spacial score (nSPS) is 10.1. The van der Waals surface area contributed by atoms with Gasteiger partial charge in [-0.05, 0) is 31.2 Å². The molecule has 0 aliphatic carbocycles. The van der Waals surface area contributed by atoms with Crippen molar-refractivity contribution < 1.29 is 33.3 Å². The van der Waals surface area contributed by atoms with Crippen molar-refractivity contribution in [2.45, 2.75) is 6.92 Å². The molecule has 27 heavy (non-hydrogen) atoms. The highest BCUT2D eigenvalue weighted by Crippen LogP contribution is 2.34. The van der Waals surface area contributed by atoms with Crippen LogP contribution in [-0.4, -0.2) is 46.3 Å². The Labute approximate surface area is 157 Å². The SMILES string of the molecule is CCOc1ccc(C(=O)COC(=O)c2cc(OC)c(OC)cc2OC)cc1. The third-order valence-corrected chi connectivity index (χ3v) is 3.75. The smallest absolute Gasteiger partial charge is 0.342 e. The molecule has 0 heterocycles. The quantitative estimate of drug-likeness (QED) is 0.493. The maximum absolute atomic E-state index is 12.4. The molecule has 7 nitrogen and oxygen atoms in total. The summed E-state index contributed by atoms with van der Waals surface area (Å²) in [7, 11) is 4.35. The molecule has 0 fully saturated rings. The van der Waals surface area contributed by atoms with Crippen LogP contribution in [0.25, 0.3) is 0 Å². The molecule has 7 heteroatoms. The molecule has 144 valence electrons. The number of benzene rings is 2. The topological polar surface area (TPSA) is 80.3 Å². The summed E-state index contributed by atoms with van der Waals surface area (Å²) >= 11 is 0. The van der Waals surface area contributed by atoms with Gasteiger partial charge in [-0.25, -0.2) is 4.79 Å². The number of rotatable bonds is 9. The van der Waals surface area contributed by atoms with Crippen LogP contribution in [0, 0.1) is 0 Å². The number of carbonyl (C=O) groups is 2. The third kappa shape index (κ3) is 4.91. The lowest BCUT2D eigenvalue weighted by Crippen LogP contribution is -2.15. The molecule has 0 atom stereocenters. The summed E-state index contributed by atoms with van der Waals surface area (Å²) in [5.41, 5.74) is 0.556. The first-order chi connectivity index (χ1) is 13.0. The maximum atomic E-state index is 12.4. The van der Waals surface area contributed by atoms with E-state index in [-0.39, 0.29) is 17.1 Å². The van der Waals surface area contributed by atoms with Crippen molar-refractivity contribution in [3.8, 4) is 23.0 Å². The van der Waals surface area contributed by atoms with E-state index >= 15 is 0 Å². The molecule has 2 rings (SSSR count). The predicted molar refractivity (Wildman–Crippen MR) is 98.3 cm³/mol. The number of ketones is 1. The molecule has 0 aliphatic rings. The van der Waals surface area contributed by atoms with Gasteiger partial charge in [-0.3, -0.25) is 4.79 Å². The van der Waals surface area contributed by atoms with Crippen LogP contribution < -0.4 is 18.9 Å². The van der Waals surface area contributed by atoms with Gasteiger partial charge in [0.25, 0.3) is 0 Å². The summed E-state index contributed by atoms with van der Waals surface area (Å²) in [6, 6.07) is 9.59. The molecule has 0 amide bonds. The van der Waals surface area contributed by atoms with E-state index in [9.17, 15) is 9.59 Å². The van der Waals surface area contributed by atoms with Gasteiger partial charge in [0, 0.05) is 17.7 Å². The Morgan fingerprint density at radius 3 is 2.00 bits per heavy atom. The summed E-state index contributed by atoms with van der Waals surface area (Å²) in [6.45, 7) is 2.02. The minimum atomic E-state index is -0.702. The fourth-order valence-electron chi connectivity index (χ4n) is 2.38. The number of Topliss-reactive ketones (excluding diaryl/α,β-unsaturated/α-hetero) is 1. The second-order valence-corrected chi connectivity index (χ2v) is 5.36. The molecule has 0 unspecified atom stereocenters. The Kier molecular flexibility index (Phi) is 7.05. The summed E-state index contributed by atoms with van der Waals surface area (Å²) in [5, 5.41) is 0. The summed E-state index contributed by atoms with van der Waals surface area (Å²) < 4.78 is 26.0. The predicted octanol–water partition coefficient (Wildman–Crippen LogP) is 3.15. The Bertz CT molecular complexity index is 797. The molecule has 0 N–H and O–H groups in total. The first kappa shape index (κ1) is 20.1. The molecule has 0 radical (unpaired) electrons. The van der Waals surface area contributed by atoms with Gasteiger partial charge in [0.2, 0.25) is 0 Å². The minimum absolute atomic E-state index is 0.134. The molecular formula is C20H22O7. The van der Waals surface area contributed by atoms with E-state index in [1.807, 2.05) is 6.92 Å². The van der Waals surface area contributed by atoms with Crippen LogP contribution in [0.4, 0.5) is 0 Å². The monoisotopic (exact) mass is 374 g/mol. The van der Waals surface area contributed by atoms with E-state index in [4.69, 9.17) is 23.7 Å². The number of methoxy groups -OCH3 is 3. The Balaban J connectivity index is 2.09. The lowest BCUT2D eigenvalue weighted by molar-refractivity contribution is 0.0471. The number of hydrogen-bond donors (Lipinski definition) is 0. The molecule has 0 spiro atoms. The highest BCUT2D eigenvalue weighted by Gasteiger charge is 2.20. The fourth-order valence-corrected chi connectivity index (χ4v) is 2.38. The first-order valence-electron chi connectivity index (χ1n) is 8.27. The van der Waals surface area contributed by atoms with Crippen LogP contribution in [0.15, 0.2) is 36.4 Å². The lowest BCUT2D eigenvalue weighted by atomic mass is 10.1. The number of hydrogen-bond acceptors (Lipinski definition) is 7. The average Bonchev–Trinajstić information content (AvgIpc) is 2.71. The van der Waals surface area contributed by atoms with Gasteiger partial charge < -0.3 is 23.7 Å². The Morgan fingerprint density at radius 1 is 0.852 bits per heavy atom. The second-order valence-electron chi connectivity index (χ2n) is 5.36. The largest absolute Gasteiger partial charge is 0.496 e. The molecule has 0 aromatic heterocycles. The van der Waals surface area contributed by atoms with E-state index in [1.165, 1.54) is 33.5 Å². The summed E-state index contributed by atoms with van der Waals surface area (Å²) in [5.74, 6) is 0.657. The van der Waals surface area contributed by atoms with Crippen molar-refractivity contribution in [3.05, 3.63) is 47.5 Å². The van der Waals surface area contributed by atoms with Gasteiger partial charge in [-0.2, -0.15) is 0 Å². The minimum Gasteiger partial charge on any atom is -0.496 e. The maximum Gasteiger partial charge on any atom is 0.342 e. The van der Waals surface area contributed by atoms with Gasteiger partial charge in [-0.1, -0.05) is 0 Å². The van der Waals surface area contributed by atoms with Crippen molar-refractivity contribution >= 4 is 11.8 Å². The van der Waals surface area contributed by atoms with E-state index in [1.54, 1.807) is 24.3 Å². The Hall–Kier alpha value is -3.22. The zero-order valence-corrected chi connectivity index (χ0v) is 15.7. The Morgan fingerprint density at radius 2 is 1.44 bits per heavy atom. The molecule has 2 aromatic carbocycles. The summed E-state index contributed by atoms with van der Waals surface area (Å²) in [4.78, 5) is 24.6. The van der Waals surface area contributed by atoms with E-state index < -0.39 is 12.6 Å². The van der Waals surface area contributed by atoms with Crippen molar-refractivity contribution in [1.82, 2.24) is 0 Å². The molecular weight excluding hydrogens is 352 g/mol. The van der Waals surface area contributed by atoms with Crippen molar-refractivity contribution in [3.63, 3.8) is 0 Å². The third-order valence-electron chi connectivity index (χ3n) is 3.75. The average molecular weight is 374 g/mol. The van der Waals surface area contributed by atoms with Crippen LogP contribution in [0.3, 0.4) is 0 Å². The van der Waals surface area contributed by atoms with Crippen LogP contribution >= 0.6 is 0 Å². The second kappa shape index (κ2) is 9.47. The molecule has 2 aromatic rings. The van der Waals surface area contributed by atoms with Gasteiger partial charge >= 0.3 is 5.97 Å². The number of esters is 1. The summed E-state index contributed by atoms with van der Waals surface area (Å²) in [6.07, 6.45) is 0. The van der Waals surface area contributed by atoms with Crippen LogP contribution in [0.2, 0.25) is 0 Å². The van der Waals surface area contributed by atoms with Gasteiger partial charge in [0.1, 0.15) is 17.1 Å². The van der Waals surface area contributed by atoms with Crippen LogP contribution in [0.5, 0.6) is 23.0 Å². The van der Waals surface area contributed by atoms with Crippen LogP contribution in [0.1, 0.15) is 27.6 Å². The lowest BCUT2D eigenvalue weighted by Gasteiger charge is -2.13. The fraction of sp³-hybridized carbons (Fsp3) is 0.300. The van der Waals surface area contributed by atoms with Crippen molar-refractivity contribution in [1.29, 1.82) is 0 Å². The molecule has 0 bridgehead atoms. The highest BCUT2D eigenvalue weighted by atomic mass is 16.5. The number of ether oxygens (including phenoxy) is 5. The zero-order valence-electron chi connectivity index (χ0n) is 15.7. The van der Waals surface area contributed by atoms with E-state index in [0.29, 0.717) is 29.4 Å². The zero-order chi connectivity index (χ0) is 19.8. The molecule has 0 aliphatic heterocycles. The highest BCUT2D eigenvalue weighted by molar-refractivity contribution is 6.00. The van der Waals surface area contributed by atoms with Crippen LogP contribution in [-0.2, 0) is 4.74 Å². The first-order valence-corrected chi connectivity index (χ1v) is 8.27. The standard InChI is InChI=1S/C20H22O7/c1-5-26-14-8-6-13(7-9-14)16(21)12-27-20(22)15-10-18(24-3)19(25-4)11-17(15)23-2/h6-11H,5,12H2,1-4H3. The van der Waals surface area contributed by atoms with Gasteiger partial charge in [0.05, 0.1) is 27.9 Å². The van der Waals surface area contributed by atoms with Crippen molar-refractivity contribution in [2.75, 3.05) is 34.5 Å². The van der Waals surface area contributed by atoms with Gasteiger partial charge in [-0.15, -0.1) is 0 Å². The van der Waals surface area contributed by atoms with Gasteiger partial charge in [0.15, 0.2) is 23.9 Å². The molecule has 0 saturated carbocycles. The molecule has 0 saturated heterocycles. The number of carbonyl (C=O) groups excluding carboxylic acids is 2. The van der Waals surface area contributed by atoms with Crippen molar-refractivity contribution in [2.24, 2.45) is 0 Å².